The molecule has 0 spiro atoms. The monoisotopic (exact) mass is 363 g/mol. The van der Waals surface area contributed by atoms with Crippen molar-refractivity contribution < 1.29 is 9.47 Å². The summed E-state index contributed by atoms with van der Waals surface area (Å²) >= 11 is 5.08. The number of nitrogens with two attached hydrogens (primary N) is 1. The third-order valence-corrected chi connectivity index (χ3v) is 4.41. The minimum Gasteiger partial charge on any atom is -0.495 e. The highest BCUT2D eigenvalue weighted by Gasteiger charge is 2.16. The summed E-state index contributed by atoms with van der Waals surface area (Å²) in [6, 6.07) is 7.71. The molecule has 0 aliphatic rings. The highest BCUT2D eigenvalue weighted by Crippen LogP contribution is 2.38. The van der Waals surface area contributed by atoms with E-state index < -0.39 is 0 Å². The molecule has 0 saturated carbocycles. The van der Waals surface area contributed by atoms with Crippen LogP contribution in [0.25, 0.3) is 0 Å². The normalized spacial score (nSPS) is 11.6. The van der Waals surface area contributed by atoms with Gasteiger partial charge in [-0.3, -0.25) is 0 Å². The van der Waals surface area contributed by atoms with Crippen LogP contribution in [-0.2, 0) is 0 Å². The Balaban J connectivity index is 0.00000180. The molecule has 0 aliphatic heterocycles. The lowest BCUT2D eigenvalue weighted by molar-refractivity contribution is 0.388. The molecule has 104 valence electrons. The van der Waals surface area contributed by atoms with E-state index in [1.165, 1.54) is 0 Å². The van der Waals surface area contributed by atoms with Crippen LogP contribution in [0, 0.1) is 0 Å². The molecule has 3 nitrogen and oxygen atoms in total. The average Bonchev–Trinajstić information content (AvgIpc) is 2.92. The van der Waals surface area contributed by atoms with Crippen molar-refractivity contribution in [1.29, 1.82) is 0 Å². The van der Waals surface area contributed by atoms with Gasteiger partial charge in [-0.25, -0.2) is 0 Å². The summed E-state index contributed by atoms with van der Waals surface area (Å²) in [6.07, 6.45) is 0. The lowest BCUT2D eigenvalue weighted by Crippen LogP contribution is -2.10. The van der Waals surface area contributed by atoms with Crippen molar-refractivity contribution in [1.82, 2.24) is 0 Å². The number of methoxy groups -OCH3 is 2. The zero-order chi connectivity index (χ0) is 13.1. The lowest BCUT2D eigenvalue weighted by Gasteiger charge is -2.15. The molecule has 2 N–H and O–H groups in total. The molecule has 1 heterocycles. The van der Waals surface area contributed by atoms with E-state index in [9.17, 15) is 0 Å². The van der Waals surface area contributed by atoms with Crippen molar-refractivity contribution in [3.63, 3.8) is 0 Å². The first-order valence-electron chi connectivity index (χ1n) is 5.37. The zero-order valence-corrected chi connectivity index (χ0v) is 13.8. The maximum atomic E-state index is 6.24. The Bertz CT molecular complexity index is 508. The third-order valence-electron chi connectivity index (χ3n) is 2.68. The van der Waals surface area contributed by atoms with Crippen LogP contribution >= 0.6 is 39.7 Å². The molecule has 0 radical (unpaired) electrons. The van der Waals surface area contributed by atoms with Crippen LogP contribution in [-0.4, -0.2) is 14.2 Å². The maximum absolute atomic E-state index is 6.24. The Labute approximate surface area is 131 Å². The van der Waals surface area contributed by atoms with Crippen molar-refractivity contribution in [2.45, 2.75) is 6.04 Å². The molecule has 0 unspecified atom stereocenters. The fourth-order valence-electron chi connectivity index (χ4n) is 1.70. The molecule has 6 heteroatoms. The first-order chi connectivity index (χ1) is 8.67. The lowest BCUT2D eigenvalue weighted by atomic mass is 10.1. The van der Waals surface area contributed by atoms with Crippen LogP contribution in [0.5, 0.6) is 11.5 Å². The Morgan fingerprint density at radius 2 is 1.79 bits per heavy atom. The van der Waals surface area contributed by atoms with Gasteiger partial charge in [-0.2, -0.15) is 0 Å². The average molecular weight is 365 g/mol. The summed E-state index contributed by atoms with van der Waals surface area (Å²) in [7, 11) is 3.25. The largest absolute Gasteiger partial charge is 0.495 e. The van der Waals surface area contributed by atoms with Crippen molar-refractivity contribution in [3.05, 3.63) is 44.6 Å². The standard InChI is InChI=1S/C13H14BrNO2S.ClH/c1-16-9-6-8(7-10(17-2)12(9)14)13(15)11-4-3-5-18-11;/h3-7,13H,15H2,1-2H3;1H/t13-;/m1./s1. The van der Waals surface area contributed by atoms with Gasteiger partial charge in [0.25, 0.3) is 0 Å². The molecule has 1 atom stereocenters. The second kappa shape index (κ2) is 7.14. The predicted octanol–water partition coefficient (Wildman–Crippen LogP) is 4.00. The van der Waals surface area contributed by atoms with Crippen LogP contribution < -0.4 is 15.2 Å². The van der Waals surface area contributed by atoms with Gasteiger partial charge >= 0.3 is 0 Å². The quantitative estimate of drug-likeness (QED) is 0.892. The van der Waals surface area contributed by atoms with Crippen LogP contribution in [0.1, 0.15) is 16.5 Å². The molecule has 0 amide bonds. The van der Waals surface area contributed by atoms with Gasteiger partial charge in [0.2, 0.25) is 0 Å². The fraction of sp³-hybridized carbons (Fsp3) is 0.231. The van der Waals surface area contributed by atoms with Crippen LogP contribution in [0.2, 0.25) is 0 Å². The van der Waals surface area contributed by atoms with Gasteiger partial charge < -0.3 is 15.2 Å². The van der Waals surface area contributed by atoms with E-state index in [0.29, 0.717) is 0 Å². The Kier molecular flexibility index (Phi) is 6.13. The molecule has 0 saturated heterocycles. The number of hydrogen-bond acceptors (Lipinski definition) is 4. The number of ether oxygens (including phenoxy) is 2. The van der Waals surface area contributed by atoms with Crippen LogP contribution in [0.4, 0.5) is 0 Å². The summed E-state index contributed by atoms with van der Waals surface area (Å²) in [4.78, 5) is 1.11. The van der Waals surface area contributed by atoms with E-state index in [2.05, 4.69) is 15.9 Å². The number of hydrogen-bond donors (Lipinski definition) is 1. The number of halogens is 2. The fourth-order valence-corrected chi connectivity index (χ4v) is 3.01. The van der Waals surface area contributed by atoms with E-state index in [0.717, 1.165) is 26.4 Å². The topological polar surface area (TPSA) is 44.5 Å². The highest BCUT2D eigenvalue weighted by molar-refractivity contribution is 9.10. The minimum absolute atomic E-state index is 0. The molecular weight excluding hydrogens is 350 g/mol. The third kappa shape index (κ3) is 3.42. The SMILES string of the molecule is COc1cc([C@@H](N)c2cccs2)cc(OC)c1Br.Cl. The van der Waals surface area contributed by atoms with E-state index in [4.69, 9.17) is 15.2 Å². The van der Waals surface area contributed by atoms with Crippen LogP contribution in [0.15, 0.2) is 34.1 Å². The molecule has 19 heavy (non-hydrogen) atoms. The Morgan fingerprint density at radius 3 is 2.21 bits per heavy atom. The molecule has 1 aromatic heterocycles. The van der Waals surface area contributed by atoms with Crippen molar-refractivity contribution in [3.8, 4) is 11.5 Å². The Hall–Kier alpha value is -0.750. The minimum atomic E-state index is -0.166. The van der Waals surface area contributed by atoms with Crippen LogP contribution in [0.3, 0.4) is 0 Å². The molecule has 0 bridgehead atoms. The summed E-state index contributed by atoms with van der Waals surface area (Å²) in [6.45, 7) is 0. The molecule has 1 aromatic carbocycles. The van der Waals surface area contributed by atoms with Gasteiger partial charge in [0.15, 0.2) is 0 Å². The summed E-state index contributed by atoms with van der Waals surface area (Å²) in [5.41, 5.74) is 7.21. The van der Waals surface area contributed by atoms with E-state index in [-0.39, 0.29) is 18.4 Å². The van der Waals surface area contributed by atoms with Gasteiger partial charge in [0.1, 0.15) is 16.0 Å². The number of benzene rings is 1. The summed E-state index contributed by atoms with van der Waals surface area (Å²) < 4.78 is 11.4. The number of rotatable bonds is 4. The van der Waals surface area contributed by atoms with Crippen molar-refractivity contribution in [2.75, 3.05) is 14.2 Å². The summed E-state index contributed by atoms with van der Waals surface area (Å²) in [5.74, 6) is 1.44. The smallest absolute Gasteiger partial charge is 0.137 e. The van der Waals surface area contributed by atoms with Crippen molar-refractivity contribution >= 4 is 39.7 Å². The van der Waals surface area contributed by atoms with Gasteiger partial charge in [0.05, 0.1) is 20.3 Å². The van der Waals surface area contributed by atoms with E-state index in [1.54, 1.807) is 25.6 Å². The van der Waals surface area contributed by atoms with Gasteiger partial charge in [-0.1, -0.05) is 6.07 Å². The second-order valence-electron chi connectivity index (χ2n) is 3.73. The first kappa shape index (κ1) is 16.3. The maximum Gasteiger partial charge on any atom is 0.137 e. The first-order valence-corrected chi connectivity index (χ1v) is 7.05. The van der Waals surface area contributed by atoms with E-state index in [1.807, 2.05) is 29.6 Å². The highest BCUT2D eigenvalue weighted by atomic mass is 79.9. The molecule has 2 rings (SSSR count). The summed E-state index contributed by atoms with van der Waals surface area (Å²) in [5, 5.41) is 2.02. The number of thiophene rings is 1. The Morgan fingerprint density at radius 1 is 1.21 bits per heavy atom. The molecular formula is C13H15BrClNO2S. The molecule has 2 aromatic rings. The van der Waals surface area contributed by atoms with Gasteiger partial charge in [0, 0.05) is 4.88 Å². The molecule has 0 fully saturated rings. The van der Waals surface area contributed by atoms with Gasteiger partial charge in [-0.15, -0.1) is 23.7 Å². The second-order valence-corrected chi connectivity index (χ2v) is 5.50. The predicted molar refractivity (Wildman–Crippen MR) is 84.8 cm³/mol. The molecule has 0 aliphatic carbocycles. The van der Waals surface area contributed by atoms with Gasteiger partial charge in [-0.05, 0) is 45.1 Å². The zero-order valence-electron chi connectivity index (χ0n) is 10.6. The van der Waals surface area contributed by atoms with E-state index >= 15 is 0 Å². The van der Waals surface area contributed by atoms with Crippen molar-refractivity contribution in [2.24, 2.45) is 5.73 Å².